The molecule has 3 heterocycles. The topological polar surface area (TPSA) is 157 Å². The second-order valence-corrected chi connectivity index (χ2v) is 10.6. The Kier molecular flexibility index (Phi) is 3.46. The van der Waals surface area contributed by atoms with Crippen molar-refractivity contribution in [2.45, 2.75) is 24.5 Å². The van der Waals surface area contributed by atoms with Crippen molar-refractivity contribution in [3.05, 3.63) is 12.7 Å². The Hall–Kier alpha value is -1.66. The van der Waals surface area contributed by atoms with Gasteiger partial charge in [-0.25, -0.2) is 19.2 Å². The van der Waals surface area contributed by atoms with Crippen LogP contribution in [-0.2, 0) is 14.1 Å². The average molecular weight is 345 g/mol. The summed E-state index contributed by atoms with van der Waals surface area (Å²) in [6.45, 7) is 0. The molecule has 0 unspecified atom stereocenters. The van der Waals surface area contributed by atoms with Crippen molar-refractivity contribution >= 4 is 26.3 Å². The number of hydrogen-bond donors (Lipinski definition) is 4. The minimum absolute atomic E-state index is 0.180. The number of nitrogens with two attached hydrogens (primary N) is 1. The Balaban J connectivity index is 1.94. The first-order chi connectivity index (χ1) is 10.5. The molecule has 0 aromatic carbocycles. The first kappa shape index (κ1) is 16.2. The van der Waals surface area contributed by atoms with E-state index in [0.29, 0.717) is 11.2 Å². The molecule has 5 N–H and O–H groups in total. The van der Waals surface area contributed by atoms with Crippen LogP contribution in [-0.4, -0.2) is 75.1 Å². The number of rotatable bonds is 3. The van der Waals surface area contributed by atoms with Crippen molar-refractivity contribution in [2.24, 2.45) is 0 Å². The minimum Gasteiger partial charge on any atom is -0.387 e. The molecule has 10 nitrogen and oxygen atoms in total. The van der Waals surface area contributed by atoms with E-state index in [9.17, 15) is 19.0 Å². The summed E-state index contributed by atoms with van der Waals surface area (Å²) in [7, 11) is -3.91. The van der Waals surface area contributed by atoms with Crippen LogP contribution in [0.1, 0.15) is 6.23 Å². The van der Waals surface area contributed by atoms with Crippen LogP contribution in [0.4, 0.5) is 5.82 Å². The van der Waals surface area contributed by atoms with Crippen LogP contribution in [0.5, 0.6) is 0 Å². The smallest absolute Gasteiger partial charge is 0.167 e. The van der Waals surface area contributed by atoms with Gasteiger partial charge in [0.25, 0.3) is 0 Å². The maximum absolute atomic E-state index is 12.1. The van der Waals surface area contributed by atoms with Crippen LogP contribution in [0.2, 0.25) is 0 Å². The van der Waals surface area contributed by atoms with E-state index in [1.165, 1.54) is 29.7 Å². The number of aliphatic hydroxyl groups is 2. The van der Waals surface area contributed by atoms with Gasteiger partial charge in [0.2, 0.25) is 0 Å². The lowest BCUT2D eigenvalue weighted by molar-refractivity contribution is -0.0294. The normalized spacial score (nSPS) is 30.4. The fourth-order valence-electron chi connectivity index (χ4n) is 2.62. The number of aliphatic hydroxyl groups excluding tert-OH is 2. The third kappa shape index (κ3) is 3.05. The SMILES string of the molecule is CS(C)(=O)(O)C[C@H]1O[C@@H](n2cnc3c(N)ncnc32)[C@H](O)[C@@H]1O. The Morgan fingerprint density at radius 1 is 1.30 bits per heavy atom. The van der Waals surface area contributed by atoms with Gasteiger partial charge in [-0.05, 0) is 0 Å². The second-order valence-electron chi connectivity index (χ2n) is 6.30. The number of ether oxygens (including phenoxy) is 1. The largest absolute Gasteiger partial charge is 0.387 e. The summed E-state index contributed by atoms with van der Waals surface area (Å²) in [4.78, 5) is 11.9. The van der Waals surface area contributed by atoms with Crippen LogP contribution in [0.25, 0.3) is 11.2 Å². The first-order valence-corrected chi connectivity index (χ1v) is 9.73. The lowest BCUT2D eigenvalue weighted by atomic mass is 10.1. The standard InChI is InChI=1S/C12H19N5O5S/c1-23(2,20,21)3-6-8(18)9(19)12(22-6)17-5-16-7-10(13)14-4-15-11(7)17/h4-6,8-9,12,18-19H,3H2,1-2H3,(H,20,21)(H2,13,14,15)/t6-,8-,9-,12-/m1/s1. The van der Waals surface area contributed by atoms with Crippen molar-refractivity contribution in [2.75, 3.05) is 24.0 Å². The van der Waals surface area contributed by atoms with E-state index in [2.05, 4.69) is 15.0 Å². The predicted molar refractivity (Wildman–Crippen MR) is 83.1 cm³/mol. The number of anilines is 1. The lowest BCUT2D eigenvalue weighted by Crippen LogP contribution is -2.43. The summed E-state index contributed by atoms with van der Waals surface area (Å²) in [6, 6.07) is 0. The van der Waals surface area contributed by atoms with Gasteiger partial charge >= 0.3 is 0 Å². The van der Waals surface area contributed by atoms with Gasteiger partial charge in [0.05, 0.1) is 12.1 Å². The van der Waals surface area contributed by atoms with Crippen molar-refractivity contribution in [1.82, 2.24) is 19.5 Å². The van der Waals surface area contributed by atoms with Gasteiger partial charge in [0, 0.05) is 12.5 Å². The highest BCUT2D eigenvalue weighted by molar-refractivity contribution is 8.13. The molecule has 0 bridgehead atoms. The van der Waals surface area contributed by atoms with Crippen molar-refractivity contribution in [3.8, 4) is 0 Å². The third-order valence-corrected chi connectivity index (χ3v) is 4.92. The summed E-state index contributed by atoms with van der Waals surface area (Å²) in [5.74, 6) is -0.116. The molecule has 0 saturated carbocycles. The molecule has 0 spiro atoms. The zero-order valence-corrected chi connectivity index (χ0v) is 13.4. The molecular weight excluding hydrogens is 326 g/mol. The first-order valence-electron chi connectivity index (χ1n) is 6.82. The average Bonchev–Trinajstić information content (AvgIpc) is 2.94. The van der Waals surface area contributed by atoms with Gasteiger partial charge in [0.1, 0.15) is 30.2 Å². The zero-order chi connectivity index (χ0) is 17.0. The van der Waals surface area contributed by atoms with Gasteiger partial charge in [-0.15, -0.1) is 0 Å². The summed E-state index contributed by atoms with van der Waals surface area (Å²) in [5.41, 5.74) is 6.39. The van der Waals surface area contributed by atoms with Gasteiger partial charge in [-0.2, -0.15) is 9.35 Å². The van der Waals surface area contributed by atoms with E-state index < -0.39 is 33.9 Å². The van der Waals surface area contributed by atoms with E-state index in [-0.39, 0.29) is 11.6 Å². The van der Waals surface area contributed by atoms with E-state index in [1.54, 1.807) is 0 Å². The van der Waals surface area contributed by atoms with Gasteiger partial charge < -0.3 is 25.2 Å². The van der Waals surface area contributed by atoms with E-state index in [1.807, 2.05) is 0 Å². The number of nitrogens with zero attached hydrogens (tertiary/aromatic N) is 4. The fraction of sp³-hybridized carbons (Fsp3) is 0.583. The molecule has 1 aliphatic rings. The van der Waals surface area contributed by atoms with Crippen molar-refractivity contribution in [3.63, 3.8) is 0 Å². The van der Waals surface area contributed by atoms with Gasteiger partial charge in [-0.3, -0.25) is 4.57 Å². The molecule has 1 aliphatic heterocycles. The van der Waals surface area contributed by atoms with Crippen LogP contribution in [0, 0.1) is 0 Å². The summed E-state index contributed by atoms with van der Waals surface area (Å²) in [6.07, 6.45) is 0.387. The monoisotopic (exact) mass is 345 g/mol. The number of nitrogen functional groups attached to an aromatic ring is 1. The Morgan fingerprint density at radius 2 is 2.00 bits per heavy atom. The van der Waals surface area contributed by atoms with E-state index in [4.69, 9.17) is 10.5 Å². The molecule has 23 heavy (non-hydrogen) atoms. The van der Waals surface area contributed by atoms with Gasteiger partial charge in [-0.1, -0.05) is 0 Å². The molecule has 3 rings (SSSR count). The van der Waals surface area contributed by atoms with Crippen LogP contribution in [0.3, 0.4) is 0 Å². The Morgan fingerprint density at radius 3 is 2.65 bits per heavy atom. The van der Waals surface area contributed by atoms with E-state index >= 15 is 0 Å². The fourth-order valence-corrected chi connectivity index (χ4v) is 3.84. The molecule has 1 saturated heterocycles. The maximum Gasteiger partial charge on any atom is 0.167 e. The summed E-state index contributed by atoms with van der Waals surface area (Å²) >= 11 is 0. The zero-order valence-electron chi connectivity index (χ0n) is 12.6. The molecule has 2 aromatic rings. The lowest BCUT2D eigenvalue weighted by Gasteiger charge is -2.36. The predicted octanol–water partition coefficient (Wildman–Crippen LogP) is -1.42. The molecule has 0 aliphatic carbocycles. The second kappa shape index (κ2) is 4.92. The van der Waals surface area contributed by atoms with Crippen molar-refractivity contribution in [1.29, 1.82) is 0 Å². The summed E-state index contributed by atoms with van der Waals surface area (Å²) in [5, 5.41) is 20.4. The molecule has 4 atom stereocenters. The quantitative estimate of drug-likeness (QED) is 0.524. The van der Waals surface area contributed by atoms with E-state index in [0.717, 1.165) is 0 Å². The molecule has 1 fully saturated rings. The van der Waals surface area contributed by atoms with Crippen LogP contribution in [0.15, 0.2) is 12.7 Å². The number of imidazole rings is 1. The highest BCUT2D eigenvalue weighted by Gasteiger charge is 2.46. The molecule has 11 heteroatoms. The molecule has 2 aromatic heterocycles. The highest BCUT2D eigenvalue weighted by Crippen LogP contribution is 2.34. The van der Waals surface area contributed by atoms with Crippen LogP contribution >= 0.6 is 0 Å². The Labute approximate surface area is 131 Å². The third-order valence-electron chi connectivity index (χ3n) is 3.64. The minimum atomic E-state index is -3.91. The maximum atomic E-state index is 12.1. The molecule has 128 valence electrons. The van der Waals surface area contributed by atoms with Gasteiger partial charge in [0.15, 0.2) is 17.7 Å². The van der Waals surface area contributed by atoms with Crippen molar-refractivity contribution < 1.29 is 23.7 Å². The van der Waals surface area contributed by atoms with Crippen LogP contribution < -0.4 is 5.73 Å². The highest BCUT2D eigenvalue weighted by atomic mass is 32.3. The number of fused-ring (bicyclic) bond motifs is 1. The Bertz CT molecular complexity index is 806. The molecule has 0 amide bonds. The molecular formula is C12H19N5O5S. The summed E-state index contributed by atoms with van der Waals surface area (Å²) < 4.78 is 29.0. The molecule has 0 radical (unpaired) electrons. The number of hydrogen-bond acceptors (Lipinski definition) is 8. The number of aromatic nitrogens is 4.